The fourth-order valence-electron chi connectivity index (χ4n) is 1.92. The average molecular weight is 244 g/mol. The molecule has 2 rings (SSSR count). The molecule has 0 saturated carbocycles. The molecule has 1 aromatic heterocycles. The van der Waals surface area contributed by atoms with Crippen LogP contribution in [0.4, 0.5) is 0 Å². The van der Waals surface area contributed by atoms with Crippen LogP contribution in [-0.2, 0) is 4.79 Å². The summed E-state index contributed by atoms with van der Waals surface area (Å²) in [6, 6.07) is 11.0. The normalized spacial score (nSPS) is 12.3. The topological polar surface area (TPSA) is 55.1 Å². The van der Waals surface area contributed by atoms with Gasteiger partial charge >= 0.3 is 5.97 Å². The number of rotatable bonds is 5. The lowest BCUT2D eigenvalue weighted by molar-refractivity contribution is -0.141. The van der Waals surface area contributed by atoms with Gasteiger partial charge in [0.2, 0.25) is 0 Å². The molecular formula is C14H16N2O2. The van der Waals surface area contributed by atoms with Crippen molar-refractivity contribution < 1.29 is 9.90 Å². The Balaban J connectivity index is 2.27. The van der Waals surface area contributed by atoms with Crippen LogP contribution < -0.4 is 0 Å². The van der Waals surface area contributed by atoms with Crippen molar-refractivity contribution in [2.24, 2.45) is 0 Å². The van der Waals surface area contributed by atoms with Gasteiger partial charge in [0.05, 0.1) is 5.69 Å². The van der Waals surface area contributed by atoms with Gasteiger partial charge < -0.3 is 5.11 Å². The number of hydrogen-bond acceptors (Lipinski definition) is 2. The van der Waals surface area contributed by atoms with E-state index in [0.717, 1.165) is 17.7 Å². The largest absolute Gasteiger partial charge is 0.480 e. The lowest BCUT2D eigenvalue weighted by atomic mass is 10.2. The van der Waals surface area contributed by atoms with Crippen LogP contribution in [0.2, 0.25) is 0 Å². The molecule has 0 aliphatic heterocycles. The Morgan fingerprint density at radius 2 is 2.06 bits per heavy atom. The number of nitrogens with zero attached hydrogens (tertiary/aromatic N) is 2. The minimum Gasteiger partial charge on any atom is -0.480 e. The van der Waals surface area contributed by atoms with Gasteiger partial charge in [0.1, 0.15) is 6.04 Å². The van der Waals surface area contributed by atoms with E-state index in [2.05, 4.69) is 5.10 Å². The molecule has 1 atom stereocenters. The van der Waals surface area contributed by atoms with Gasteiger partial charge in [-0.3, -0.25) is 4.68 Å². The zero-order chi connectivity index (χ0) is 13.0. The van der Waals surface area contributed by atoms with E-state index < -0.39 is 12.0 Å². The van der Waals surface area contributed by atoms with Gasteiger partial charge in [-0.15, -0.1) is 0 Å². The van der Waals surface area contributed by atoms with Crippen molar-refractivity contribution in [3.05, 3.63) is 42.6 Å². The molecule has 1 aromatic carbocycles. The Hall–Kier alpha value is -2.10. The van der Waals surface area contributed by atoms with E-state index in [4.69, 9.17) is 0 Å². The van der Waals surface area contributed by atoms with E-state index in [1.54, 1.807) is 6.20 Å². The minimum absolute atomic E-state index is 0.576. The van der Waals surface area contributed by atoms with Gasteiger partial charge in [0, 0.05) is 11.8 Å². The average Bonchev–Trinajstić information content (AvgIpc) is 2.86. The van der Waals surface area contributed by atoms with Crippen molar-refractivity contribution in [1.29, 1.82) is 0 Å². The molecule has 94 valence electrons. The summed E-state index contributed by atoms with van der Waals surface area (Å²) in [5, 5.41) is 13.5. The Kier molecular flexibility index (Phi) is 3.77. The first-order valence-corrected chi connectivity index (χ1v) is 6.05. The molecule has 1 unspecified atom stereocenters. The maximum Gasteiger partial charge on any atom is 0.328 e. The summed E-state index contributed by atoms with van der Waals surface area (Å²) in [4.78, 5) is 11.2. The summed E-state index contributed by atoms with van der Waals surface area (Å²) in [6.07, 6.45) is 3.14. The van der Waals surface area contributed by atoms with E-state index in [1.807, 2.05) is 43.3 Å². The van der Waals surface area contributed by atoms with Gasteiger partial charge in [-0.05, 0) is 12.5 Å². The van der Waals surface area contributed by atoms with Gasteiger partial charge in [-0.2, -0.15) is 5.10 Å². The lowest BCUT2D eigenvalue weighted by Crippen LogP contribution is -2.19. The van der Waals surface area contributed by atoms with Crippen LogP contribution in [0, 0.1) is 0 Å². The van der Waals surface area contributed by atoms with Crippen LogP contribution in [0.1, 0.15) is 25.8 Å². The van der Waals surface area contributed by atoms with E-state index in [-0.39, 0.29) is 0 Å². The maximum atomic E-state index is 11.2. The summed E-state index contributed by atoms with van der Waals surface area (Å²) >= 11 is 0. The molecule has 0 saturated heterocycles. The van der Waals surface area contributed by atoms with Crippen LogP contribution in [0.25, 0.3) is 11.3 Å². The zero-order valence-corrected chi connectivity index (χ0v) is 10.3. The zero-order valence-electron chi connectivity index (χ0n) is 10.3. The minimum atomic E-state index is -0.834. The van der Waals surface area contributed by atoms with Crippen LogP contribution in [0.15, 0.2) is 42.6 Å². The second-order valence-corrected chi connectivity index (χ2v) is 4.19. The number of carboxylic acids is 1. The molecule has 0 amide bonds. The molecule has 0 aliphatic carbocycles. The third-order valence-corrected chi connectivity index (χ3v) is 2.84. The monoisotopic (exact) mass is 244 g/mol. The highest BCUT2D eigenvalue weighted by Gasteiger charge is 2.19. The SMILES string of the molecule is CCCC(C(=O)O)n1ccc(-c2ccccc2)n1. The molecule has 4 heteroatoms. The first-order chi connectivity index (χ1) is 8.72. The molecule has 1 heterocycles. The molecule has 2 aromatic rings. The molecule has 0 bridgehead atoms. The Labute approximate surface area is 106 Å². The predicted octanol–water partition coefficient (Wildman–Crippen LogP) is 2.98. The number of hydrogen-bond donors (Lipinski definition) is 1. The van der Waals surface area contributed by atoms with Gasteiger partial charge in [-0.1, -0.05) is 43.7 Å². The molecule has 0 spiro atoms. The molecule has 18 heavy (non-hydrogen) atoms. The van der Waals surface area contributed by atoms with Crippen LogP contribution >= 0.6 is 0 Å². The van der Waals surface area contributed by atoms with Gasteiger partial charge in [0.25, 0.3) is 0 Å². The fraction of sp³-hybridized carbons (Fsp3) is 0.286. The Bertz CT molecular complexity index is 520. The number of aromatic nitrogens is 2. The predicted molar refractivity (Wildman–Crippen MR) is 69.2 cm³/mol. The first kappa shape index (κ1) is 12.4. The third-order valence-electron chi connectivity index (χ3n) is 2.84. The van der Waals surface area contributed by atoms with Crippen LogP contribution in [-0.4, -0.2) is 20.9 Å². The van der Waals surface area contributed by atoms with Crippen molar-refractivity contribution in [2.75, 3.05) is 0 Å². The molecule has 0 fully saturated rings. The van der Waals surface area contributed by atoms with Crippen molar-refractivity contribution in [2.45, 2.75) is 25.8 Å². The molecule has 1 N–H and O–H groups in total. The third kappa shape index (κ3) is 2.59. The Morgan fingerprint density at radius 3 is 2.67 bits per heavy atom. The maximum absolute atomic E-state index is 11.2. The number of aliphatic carboxylic acids is 1. The van der Waals surface area contributed by atoms with E-state index in [1.165, 1.54) is 4.68 Å². The second kappa shape index (κ2) is 5.49. The Morgan fingerprint density at radius 1 is 1.33 bits per heavy atom. The van der Waals surface area contributed by atoms with Crippen LogP contribution in [0.5, 0.6) is 0 Å². The van der Waals surface area contributed by atoms with Gasteiger partial charge in [-0.25, -0.2) is 4.79 Å². The van der Waals surface area contributed by atoms with E-state index in [9.17, 15) is 9.90 Å². The number of carbonyl (C=O) groups is 1. The number of carboxylic acid groups (broad SMARTS) is 1. The van der Waals surface area contributed by atoms with Crippen LogP contribution in [0.3, 0.4) is 0 Å². The molecule has 0 aliphatic rings. The highest BCUT2D eigenvalue weighted by atomic mass is 16.4. The summed E-state index contributed by atoms with van der Waals surface area (Å²) in [6.45, 7) is 1.97. The number of benzene rings is 1. The first-order valence-electron chi connectivity index (χ1n) is 6.05. The smallest absolute Gasteiger partial charge is 0.328 e. The standard InChI is InChI=1S/C14H16N2O2/c1-2-6-13(14(17)18)16-10-9-12(15-16)11-7-4-3-5-8-11/h3-5,7-10,13H,2,6H2,1H3,(H,17,18). The van der Waals surface area contributed by atoms with E-state index >= 15 is 0 Å². The van der Waals surface area contributed by atoms with Gasteiger partial charge in [0.15, 0.2) is 0 Å². The second-order valence-electron chi connectivity index (χ2n) is 4.19. The highest BCUT2D eigenvalue weighted by molar-refractivity contribution is 5.72. The van der Waals surface area contributed by atoms with E-state index in [0.29, 0.717) is 6.42 Å². The van der Waals surface area contributed by atoms with Crippen molar-refractivity contribution in [3.8, 4) is 11.3 Å². The summed E-state index contributed by atoms with van der Waals surface area (Å²) < 4.78 is 1.54. The summed E-state index contributed by atoms with van der Waals surface area (Å²) in [5.41, 5.74) is 1.80. The van der Waals surface area contributed by atoms with Crippen molar-refractivity contribution in [3.63, 3.8) is 0 Å². The lowest BCUT2D eigenvalue weighted by Gasteiger charge is -2.11. The summed E-state index contributed by atoms with van der Waals surface area (Å²) in [5.74, 6) is -0.834. The fourth-order valence-corrected chi connectivity index (χ4v) is 1.92. The molecule has 0 radical (unpaired) electrons. The van der Waals surface area contributed by atoms with Crippen molar-refractivity contribution in [1.82, 2.24) is 9.78 Å². The quantitative estimate of drug-likeness (QED) is 0.879. The summed E-state index contributed by atoms with van der Waals surface area (Å²) in [7, 11) is 0. The highest BCUT2D eigenvalue weighted by Crippen LogP contribution is 2.19. The molecular weight excluding hydrogens is 228 g/mol. The molecule has 4 nitrogen and oxygen atoms in total. The van der Waals surface area contributed by atoms with Crippen molar-refractivity contribution >= 4 is 5.97 Å².